The van der Waals surface area contributed by atoms with Gasteiger partial charge >= 0.3 is 0 Å². The highest BCUT2D eigenvalue weighted by Crippen LogP contribution is 2.26. The van der Waals surface area contributed by atoms with Crippen molar-refractivity contribution in [3.63, 3.8) is 0 Å². The van der Waals surface area contributed by atoms with E-state index in [0.717, 1.165) is 50.0 Å². The molecule has 132 valence electrons. The SMILES string of the molecule is CC1CC(C)CN(C(=O)CN2CCN(c3ccccc3Cl)CC2)C1. The highest BCUT2D eigenvalue weighted by atomic mass is 35.5. The van der Waals surface area contributed by atoms with Gasteiger partial charge in [0.2, 0.25) is 5.91 Å². The molecule has 5 heteroatoms. The van der Waals surface area contributed by atoms with Crippen LogP contribution in [0.2, 0.25) is 5.02 Å². The van der Waals surface area contributed by atoms with Crippen molar-refractivity contribution in [2.45, 2.75) is 20.3 Å². The molecule has 0 spiro atoms. The molecule has 1 amide bonds. The van der Waals surface area contributed by atoms with E-state index < -0.39 is 0 Å². The van der Waals surface area contributed by atoms with Gasteiger partial charge in [0.15, 0.2) is 0 Å². The van der Waals surface area contributed by atoms with E-state index in [9.17, 15) is 4.79 Å². The van der Waals surface area contributed by atoms with Crippen LogP contribution in [0.1, 0.15) is 20.3 Å². The monoisotopic (exact) mass is 349 g/mol. The molecular weight excluding hydrogens is 322 g/mol. The van der Waals surface area contributed by atoms with E-state index in [2.05, 4.69) is 34.6 Å². The summed E-state index contributed by atoms with van der Waals surface area (Å²) in [7, 11) is 0. The Balaban J connectivity index is 1.50. The summed E-state index contributed by atoms with van der Waals surface area (Å²) in [4.78, 5) is 19.3. The molecule has 24 heavy (non-hydrogen) atoms. The van der Waals surface area contributed by atoms with Crippen LogP contribution >= 0.6 is 11.6 Å². The molecule has 2 aliphatic heterocycles. The maximum atomic E-state index is 12.6. The lowest BCUT2D eigenvalue weighted by Crippen LogP contribution is -2.52. The maximum Gasteiger partial charge on any atom is 0.236 e. The molecule has 0 radical (unpaired) electrons. The highest BCUT2D eigenvalue weighted by Gasteiger charge is 2.27. The van der Waals surface area contributed by atoms with Gasteiger partial charge in [-0.2, -0.15) is 0 Å². The van der Waals surface area contributed by atoms with Crippen LogP contribution in [0, 0.1) is 11.8 Å². The maximum absolute atomic E-state index is 12.6. The molecule has 1 aromatic rings. The van der Waals surface area contributed by atoms with Crippen molar-refractivity contribution in [2.75, 3.05) is 50.7 Å². The Labute approximate surface area is 150 Å². The Hall–Kier alpha value is -1.26. The molecule has 2 fully saturated rings. The minimum Gasteiger partial charge on any atom is -0.368 e. The number of likely N-dealkylation sites (tertiary alicyclic amines) is 1. The number of para-hydroxylation sites is 1. The number of halogens is 1. The molecule has 3 rings (SSSR count). The minimum atomic E-state index is 0.291. The average Bonchev–Trinajstić information content (AvgIpc) is 2.55. The number of carbonyl (C=O) groups excluding carboxylic acids is 1. The zero-order chi connectivity index (χ0) is 17.1. The van der Waals surface area contributed by atoms with E-state index >= 15 is 0 Å². The second kappa shape index (κ2) is 7.75. The zero-order valence-electron chi connectivity index (χ0n) is 14.7. The fourth-order valence-electron chi connectivity index (χ4n) is 4.01. The molecule has 0 N–H and O–H groups in total. The lowest BCUT2D eigenvalue weighted by atomic mass is 9.92. The predicted octanol–water partition coefficient (Wildman–Crippen LogP) is 2.97. The summed E-state index contributed by atoms with van der Waals surface area (Å²) in [5.41, 5.74) is 1.10. The first-order chi connectivity index (χ1) is 11.5. The number of amides is 1. The fraction of sp³-hybridized carbons (Fsp3) is 0.632. The Morgan fingerprint density at radius 1 is 1.08 bits per heavy atom. The van der Waals surface area contributed by atoms with Gasteiger partial charge < -0.3 is 9.80 Å². The van der Waals surface area contributed by atoms with Gasteiger partial charge in [-0.15, -0.1) is 0 Å². The topological polar surface area (TPSA) is 26.8 Å². The Morgan fingerprint density at radius 2 is 1.71 bits per heavy atom. The van der Waals surface area contributed by atoms with Crippen molar-refractivity contribution in [3.05, 3.63) is 29.3 Å². The van der Waals surface area contributed by atoms with Gasteiger partial charge in [0.05, 0.1) is 17.3 Å². The largest absolute Gasteiger partial charge is 0.368 e. The van der Waals surface area contributed by atoms with E-state index in [1.54, 1.807) is 0 Å². The van der Waals surface area contributed by atoms with E-state index in [-0.39, 0.29) is 0 Å². The van der Waals surface area contributed by atoms with E-state index in [4.69, 9.17) is 11.6 Å². The molecule has 2 aliphatic rings. The van der Waals surface area contributed by atoms with E-state index in [1.807, 2.05) is 18.2 Å². The third kappa shape index (κ3) is 4.22. The Bertz CT molecular complexity index is 561. The third-order valence-electron chi connectivity index (χ3n) is 5.15. The Morgan fingerprint density at radius 3 is 2.33 bits per heavy atom. The van der Waals surface area contributed by atoms with Crippen LogP contribution in [-0.4, -0.2) is 61.5 Å². The molecule has 0 bridgehead atoms. The number of hydrogen-bond donors (Lipinski definition) is 0. The fourth-order valence-corrected chi connectivity index (χ4v) is 4.27. The van der Waals surface area contributed by atoms with Crippen molar-refractivity contribution >= 4 is 23.2 Å². The standard InChI is InChI=1S/C19H28ClN3O/c1-15-11-16(2)13-23(12-15)19(24)14-21-7-9-22(10-8-21)18-6-4-3-5-17(18)20/h3-6,15-16H,7-14H2,1-2H3. The summed E-state index contributed by atoms with van der Waals surface area (Å²) < 4.78 is 0. The number of anilines is 1. The van der Waals surface area contributed by atoms with Crippen LogP contribution in [0.3, 0.4) is 0 Å². The number of piperazine rings is 1. The lowest BCUT2D eigenvalue weighted by molar-refractivity contribution is -0.135. The second-order valence-electron chi connectivity index (χ2n) is 7.46. The molecule has 4 nitrogen and oxygen atoms in total. The third-order valence-corrected chi connectivity index (χ3v) is 5.47. The number of piperidine rings is 1. The minimum absolute atomic E-state index is 0.291. The van der Waals surface area contributed by atoms with E-state index in [1.165, 1.54) is 6.42 Å². The highest BCUT2D eigenvalue weighted by molar-refractivity contribution is 6.33. The normalized spacial score (nSPS) is 25.8. The first-order valence-corrected chi connectivity index (χ1v) is 9.40. The molecule has 0 aliphatic carbocycles. The molecular formula is C19H28ClN3O. The molecule has 2 saturated heterocycles. The van der Waals surface area contributed by atoms with Gasteiger partial charge in [-0.05, 0) is 30.4 Å². The van der Waals surface area contributed by atoms with Crippen molar-refractivity contribution in [3.8, 4) is 0 Å². The number of rotatable bonds is 3. The van der Waals surface area contributed by atoms with E-state index in [0.29, 0.717) is 24.3 Å². The lowest BCUT2D eigenvalue weighted by Gasteiger charge is -2.39. The average molecular weight is 350 g/mol. The first kappa shape index (κ1) is 17.6. The van der Waals surface area contributed by atoms with Gasteiger partial charge in [0.1, 0.15) is 0 Å². The smallest absolute Gasteiger partial charge is 0.236 e. The number of hydrogen-bond acceptors (Lipinski definition) is 3. The van der Waals surface area contributed by atoms with Crippen LogP contribution < -0.4 is 4.90 Å². The van der Waals surface area contributed by atoms with Gasteiger partial charge in [0.25, 0.3) is 0 Å². The van der Waals surface area contributed by atoms with Crippen LogP contribution in [0.15, 0.2) is 24.3 Å². The van der Waals surface area contributed by atoms with Gasteiger partial charge in [-0.3, -0.25) is 9.69 Å². The summed E-state index contributed by atoms with van der Waals surface area (Å²) in [6.07, 6.45) is 1.24. The molecule has 0 saturated carbocycles. The van der Waals surface area contributed by atoms with Crippen LogP contribution in [0.5, 0.6) is 0 Å². The van der Waals surface area contributed by atoms with Gasteiger partial charge in [0, 0.05) is 39.3 Å². The molecule has 2 heterocycles. The second-order valence-corrected chi connectivity index (χ2v) is 7.87. The number of benzene rings is 1. The molecule has 2 unspecified atom stereocenters. The Kier molecular flexibility index (Phi) is 5.67. The predicted molar refractivity (Wildman–Crippen MR) is 99.6 cm³/mol. The number of nitrogens with zero attached hydrogens (tertiary/aromatic N) is 3. The molecule has 0 aromatic heterocycles. The summed E-state index contributed by atoms with van der Waals surface area (Å²) >= 11 is 6.29. The number of carbonyl (C=O) groups is 1. The summed E-state index contributed by atoms with van der Waals surface area (Å²) in [6.45, 7) is 10.6. The van der Waals surface area contributed by atoms with Crippen molar-refractivity contribution in [1.29, 1.82) is 0 Å². The summed E-state index contributed by atoms with van der Waals surface area (Å²) in [5.74, 6) is 1.53. The van der Waals surface area contributed by atoms with Crippen molar-refractivity contribution < 1.29 is 4.79 Å². The molecule has 1 aromatic carbocycles. The quantitative estimate of drug-likeness (QED) is 0.839. The summed E-state index contributed by atoms with van der Waals surface area (Å²) in [5, 5.41) is 0.804. The zero-order valence-corrected chi connectivity index (χ0v) is 15.5. The van der Waals surface area contributed by atoms with Crippen molar-refractivity contribution in [2.24, 2.45) is 11.8 Å². The summed E-state index contributed by atoms with van der Waals surface area (Å²) in [6, 6.07) is 7.99. The van der Waals surface area contributed by atoms with Crippen LogP contribution in [0.25, 0.3) is 0 Å². The van der Waals surface area contributed by atoms with Crippen LogP contribution in [-0.2, 0) is 4.79 Å². The van der Waals surface area contributed by atoms with Gasteiger partial charge in [-0.1, -0.05) is 37.6 Å². The van der Waals surface area contributed by atoms with Crippen molar-refractivity contribution in [1.82, 2.24) is 9.80 Å². The molecule has 2 atom stereocenters. The van der Waals surface area contributed by atoms with Crippen LogP contribution in [0.4, 0.5) is 5.69 Å². The van der Waals surface area contributed by atoms with Gasteiger partial charge in [-0.25, -0.2) is 0 Å². The first-order valence-electron chi connectivity index (χ1n) is 9.02.